The summed E-state index contributed by atoms with van der Waals surface area (Å²) in [5.74, 6) is 0.501. The van der Waals surface area contributed by atoms with Crippen LogP contribution in [0.25, 0.3) is 0 Å². The Kier molecular flexibility index (Phi) is 5.99. The van der Waals surface area contributed by atoms with Gasteiger partial charge in [-0.25, -0.2) is 0 Å². The maximum atomic E-state index is 12.5. The molecule has 0 unspecified atom stereocenters. The largest absolute Gasteiger partial charge is 0.354 e. The van der Waals surface area contributed by atoms with Crippen LogP contribution < -0.4 is 5.32 Å². The summed E-state index contributed by atoms with van der Waals surface area (Å²) in [6, 6.07) is 9.91. The van der Waals surface area contributed by atoms with Gasteiger partial charge in [-0.05, 0) is 25.6 Å². The molecule has 2 amide bonds. The molecule has 5 heteroatoms. The Morgan fingerprint density at radius 1 is 1.29 bits per heavy atom. The standard InChI is InChI=1S/C19H29N3O2/c1-13(2)17(21(3)4)19(24)20-12-15-11-16(23)22(5)18(15)14-9-7-6-8-10-14/h6-10,13,15,17-18H,11-12H2,1-5H3,(H,20,24)/t15-,17-,18-/m1/s1. The number of amides is 2. The van der Waals surface area contributed by atoms with Crippen molar-refractivity contribution in [1.29, 1.82) is 0 Å². The zero-order valence-electron chi connectivity index (χ0n) is 15.3. The topological polar surface area (TPSA) is 52.7 Å². The molecule has 0 aliphatic carbocycles. The molecule has 0 radical (unpaired) electrons. The van der Waals surface area contributed by atoms with Crippen molar-refractivity contribution in [2.45, 2.75) is 32.4 Å². The Morgan fingerprint density at radius 2 is 1.92 bits per heavy atom. The second-order valence-corrected chi connectivity index (χ2v) is 7.22. The first kappa shape index (κ1) is 18.5. The number of likely N-dealkylation sites (N-methyl/N-ethyl adjacent to an activating group) is 1. The van der Waals surface area contributed by atoms with Crippen molar-refractivity contribution in [2.24, 2.45) is 11.8 Å². The fraction of sp³-hybridized carbons (Fsp3) is 0.579. The zero-order valence-corrected chi connectivity index (χ0v) is 15.3. The third-order valence-electron chi connectivity index (χ3n) is 4.83. The summed E-state index contributed by atoms with van der Waals surface area (Å²) < 4.78 is 0. The molecule has 1 N–H and O–H groups in total. The highest BCUT2D eigenvalue weighted by Crippen LogP contribution is 2.36. The van der Waals surface area contributed by atoms with Crippen LogP contribution in [0.1, 0.15) is 31.9 Å². The molecule has 1 aliphatic heterocycles. The fourth-order valence-electron chi connectivity index (χ4n) is 3.75. The van der Waals surface area contributed by atoms with E-state index in [9.17, 15) is 9.59 Å². The van der Waals surface area contributed by atoms with E-state index in [0.717, 1.165) is 5.56 Å². The number of hydrogen-bond acceptors (Lipinski definition) is 3. The summed E-state index contributed by atoms with van der Waals surface area (Å²) in [4.78, 5) is 28.5. The number of carbonyl (C=O) groups excluding carboxylic acids is 2. The predicted molar refractivity (Wildman–Crippen MR) is 95.4 cm³/mol. The number of hydrogen-bond donors (Lipinski definition) is 1. The number of nitrogens with zero attached hydrogens (tertiary/aromatic N) is 2. The zero-order chi connectivity index (χ0) is 17.9. The smallest absolute Gasteiger partial charge is 0.237 e. The van der Waals surface area contributed by atoms with Crippen LogP contribution in [0.5, 0.6) is 0 Å². The van der Waals surface area contributed by atoms with E-state index in [1.807, 2.05) is 70.2 Å². The van der Waals surface area contributed by atoms with Crippen molar-refractivity contribution >= 4 is 11.8 Å². The number of rotatable bonds is 6. The fourth-order valence-corrected chi connectivity index (χ4v) is 3.75. The lowest BCUT2D eigenvalue weighted by Crippen LogP contribution is -2.48. The molecule has 24 heavy (non-hydrogen) atoms. The summed E-state index contributed by atoms with van der Waals surface area (Å²) >= 11 is 0. The van der Waals surface area contributed by atoms with Crippen LogP contribution in [0, 0.1) is 11.8 Å². The van der Waals surface area contributed by atoms with Crippen molar-refractivity contribution in [3.05, 3.63) is 35.9 Å². The van der Waals surface area contributed by atoms with Gasteiger partial charge >= 0.3 is 0 Å². The second-order valence-electron chi connectivity index (χ2n) is 7.22. The molecule has 1 aromatic rings. The molecule has 0 aromatic heterocycles. The lowest BCUT2D eigenvalue weighted by Gasteiger charge is -2.29. The molecule has 3 atom stereocenters. The Labute approximate surface area is 145 Å². The average molecular weight is 331 g/mol. The number of likely N-dealkylation sites (tertiary alicyclic amines) is 1. The van der Waals surface area contributed by atoms with Crippen LogP contribution in [-0.4, -0.2) is 55.3 Å². The maximum Gasteiger partial charge on any atom is 0.237 e. The molecule has 132 valence electrons. The first-order valence-corrected chi connectivity index (χ1v) is 8.57. The Morgan fingerprint density at radius 3 is 2.46 bits per heavy atom. The van der Waals surface area contributed by atoms with Gasteiger partial charge in [0.25, 0.3) is 0 Å². The molecule has 1 aromatic carbocycles. The lowest BCUT2D eigenvalue weighted by molar-refractivity contribution is -0.128. The van der Waals surface area contributed by atoms with Crippen molar-refractivity contribution < 1.29 is 9.59 Å². The third kappa shape index (κ3) is 3.96. The summed E-state index contributed by atoms with van der Waals surface area (Å²) in [7, 11) is 5.69. The van der Waals surface area contributed by atoms with Gasteiger partial charge in [0, 0.05) is 25.9 Å². The minimum atomic E-state index is -0.157. The van der Waals surface area contributed by atoms with Crippen LogP contribution in [0.4, 0.5) is 0 Å². The Hall–Kier alpha value is -1.88. The second kappa shape index (κ2) is 7.79. The van der Waals surface area contributed by atoms with E-state index in [1.54, 1.807) is 4.90 Å². The molecular formula is C19H29N3O2. The molecule has 0 bridgehead atoms. The third-order valence-corrected chi connectivity index (χ3v) is 4.83. The maximum absolute atomic E-state index is 12.5. The summed E-state index contributed by atoms with van der Waals surface area (Å²) in [6.45, 7) is 4.61. The molecule has 1 fully saturated rings. The number of nitrogens with one attached hydrogen (secondary N) is 1. The van der Waals surface area contributed by atoms with Crippen LogP contribution in [0.2, 0.25) is 0 Å². The molecule has 0 saturated carbocycles. The Balaban J connectivity index is 2.07. The number of benzene rings is 1. The van der Waals surface area contributed by atoms with Crippen LogP contribution >= 0.6 is 0 Å². The van der Waals surface area contributed by atoms with E-state index < -0.39 is 0 Å². The minimum absolute atomic E-state index is 0.0239. The van der Waals surface area contributed by atoms with E-state index in [1.165, 1.54) is 0 Å². The van der Waals surface area contributed by atoms with Gasteiger partial charge in [0.15, 0.2) is 0 Å². The van der Waals surface area contributed by atoms with Crippen molar-refractivity contribution in [2.75, 3.05) is 27.7 Å². The molecule has 0 spiro atoms. The summed E-state index contributed by atoms with van der Waals surface area (Å²) in [5.41, 5.74) is 1.12. The van der Waals surface area contributed by atoms with Gasteiger partial charge in [-0.3, -0.25) is 14.5 Å². The van der Waals surface area contributed by atoms with Gasteiger partial charge in [0.05, 0.1) is 12.1 Å². The molecular weight excluding hydrogens is 302 g/mol. The van der Waals surface area contributed by atoms with E-state index in [0.29, 0.717) is 13.0 Å². The van der Waals surface area contributed by atoms with E-state index in [4.69, 9.17) is 0 Å². The van der Waals surface area contributed by atoms with Crippen LogP contribution in [0.15, 0.2) is 30.3 Å². The molecule has 5 nitrogen and oxygen atoms in total. The van der Waals surface area contributed by atoms with E-state index in [-0.39, 0.29) is 35.7 Å². The first-order chi connectivity index (χ1) is 11.3. The van der Waals surface area contributed by atoms with Gasteiger partial charge in [-0.1, -0.05) is 44.2 Å². The van der Waals surface area contributed by atoms with E-state index in [2.05, 4.69) is 5.32 Å². The highest BCUT2D eigenvalue weighted by atomic mass is 16.2. The lowest BCUT2D eigenvalue weighted by atomic mass is 9.93. The van der Waals surface area contributed by atoms with Gasteiger partial charge < -0.3 is 10.2 Å². The number of carbonyl (C=O) groups is 2. The van der Waals surface area contributed by atoms with Gasteiger partial charge in [-0.15, -0.1) is 0 Å². The molecule has 1 aliphatic rings. The summed E-state index contributed by atoms with van der Waals surface area (Å²) in [6.07, 6.45) is 0.477. The predicted octanol–water partition coefficient (Wildman–Crippen LogP) is 1.91. The normalized spacial score (nSPS) is 22.3. The molecule has 1 heterocycles. The quantitative estimate of drug-likeness (QED) is 0.866. The van der Waals surface area contributed by atoms with Crippen molar-refractivity contribution in [3.63, 3.8) is 0 Å². The molecule has 2 rings (SSSR count). The average Bonchev–Trinajstić information content (AvgIpc) is 2.80. The molecule has 1 saturated heterocycles. The van der Waals surface area contributed by atoms with Gasteiger partial charge in [0.2, 0.25) is 11.8 Å². The monoisotopic (exact) mass is 331 g/mol. The minimum Gasteiger partial charge on any atom is -0.354 e. The Bertz CT molecular complexity index is 563. The van der Waals surface area contributed by atoms with E-state index >= 15 is 0 Å². The van der Waals surface area contributed by atoms with Crippen molar-refractivity contribution in [3.8, 4) is 0 Å². The van der Waals surface area contributed by atoms with Gasteiger partial charge in [-0.2, -0.15) is 0 Å². The van der Waals surface area contributed by atoms with Crippen LogP contribution in [-0.2, 0) is 9.59 Å². The summed E-state index contributed by atoms with van der Waals surface area (Å²) in [5, 5.41) is 3.07. The highest BCUT2D eigenvalue weighted by Gasteiger charge is 2.38. The first-order valence-electron chi connectivity index (χ1n) is 8.57. The van der Waals surface area contributed by atoms with Gasteiger partial charge in [0.1, 0.15) is 0 Å². The SMILES string of the molecule is CC(C)[C@H](C(=O)NC[C@H]1CC(=O)N(C)[C@@H]1c1ccccc1)N(C)C. The highest BCUT2D eigenvalue weighted by molar-refractivity contribution is 5.82. The van der Waals surface area contributed by atoms with Crippen molar-refractivity contribution in [1.82, 2.24) is 15.1 Å². The van der Waals surface area contributed by atoms with Crippen LogP contribution in [0.3, 0.4) is 0 Å².